The molecule has 0 heterocycles. The minimum absolute atomic E-state index is 0.276. The summed E-state index contributed by atoms with van der Waals surface area (Å²) in [6.45, 7) is 2.22. The van der Waals surface area contributed by atoms with Crippen LogP contribution >= 0.6 is 12.6 Å². The predicted molar refractivity (Wildman–Crippen MR) is 81.7 cm³/mol. The third-order valence-electron chi connectivity index (χ3n) is 2.99. The van der Waals surface area contributed by atoms with Crippen molar-refractivity contribution >= 4 is 27.1 Å². The van der Waals surface area contributed by atoms with Gasteiger partial charge in [0.1, 0.15) is 0 Å². The van der Waals surface area contributed by atoms with Gasteiger partial charge >= 0.3 is 9.28 Å². The van der Waals surface area contributed by atoms with Gasteiger partial charge in [0.25, 0.3) is 0 Å². The third kappa shape index (κ3) is 4.43. The third-order valence-corrected chi connectivity index (χ3v) is 5.16. The summed E-state index contributed by atoms with van der Waals surface area (Å²) in [5.41, 5.74) is 1.26. The molecule has 0 bridgehead atoms. The highest BCUT2D eigenvalue weighted by atomic mass is 32.1. The lowest BCUT2D eigenvalue weighted by molar-refractivity contribution is 0.291. The number of rotatable bonds is 8. The average molecular weight is 283 g/mol. The molecular weight excluding hydrogens is 260 g/mol. The number of hydrogen-bond acceptors (Lipinski definition) is 3. The van der Waals surface area contributed by atoms with Crippen LogP contribution in [-0.4, -0.2) is 23.5 Å². The summed E-state index contributed by atoms with van der Waals surface area (Å²) in [5, 5.41) is 1.46. The Bertz CT molecular complexity index is 342. The molecule has 1 aromatic carbocycles. The summed E-state index contributed by atoms with van der Waals surface area (Å²) in [7, 11) is 2.06. The smallest absolute Gasteiger partial charge is 0.393 e. The Kier molecular flexibility index (Phi) is 7.66. The van der Waals surface area contributed by atoms with Gasteiger partial charge in [0.05, 0.1) is 0 Å². The van der Waals surface area contributed by atoms with Gasteiger partial charge in [-0.05, 0) is 17.2 Å². The summed E-state index contributed by atoms with van der Waals surface area (Å²) in [6.07, 6.45) is 4.84. The zero-order valence-corrected chi connectivity index (χ0v) is 13.4. The first-order valence-electron chi connectivity index (χ1n) is 6.46. The van der Waals surface area contributed by atoms with Crippen LogP contribution in [0.25, 0.3) is 0 Å². The van der Waals surface area contributed by atoms with Crippen molar-refractivity contribution < 1.29 is 8.85 Å². The molecule has 1 rings (SSSR count). The fraction of sp³-hybridized carbons (Fsp3) is 0.571. The number of unbranched alkanes of at least 4 members (excludes halogenated alkanes) is 2. The van der Waals surface area contributed by atoms with E-state index in [1.807, 2.05) is 6.07 Å². The molecule has 1 aromatic rings. The summed E-state index contributed by atoms with van der Waals surface area (Å²) in [4.78, 5) is 0. The van der Waals surface area contributed by atoms with Gasteiger partial charge in [-0.25, -0.2) is 0 Å². The predicted octanol–water partition coefficient (Wildman–Crippen LogP) is 3.23. The van der Waals surface area contributed by atoms with E-state index in [4.69, 9.17) is 21.5 Å². The molecule has 0 spiro atoms. The Balaban J connectivity index is 2.80. The van der Waals surface area contributed by atoms with E-state index in [-0.39, 0.29) is 5.25 Å². The van der Waals surface area contributed by atoms with Gasteiger partial charge in [-0.3, -0.25) is 0 Å². The van der Waals surface area contributed by atoms with Gasteiger partial charge in [-0.15, -0.1) is 0 Å². The van der Waals surface area contributed by atoms with Crippen molar-refractivity contribution in [2.24, 2.45) is 0 Å². The van der Waals surface area contributed by atoms with Gasteiger partial charge < -0.3 is 8.85 Å². The lowest BCUT2D eigenvalue weighted by Gasteiger charge is -2.18. The second-order valence-electron chi connectivity index (χ2n) is 4.29. The van der Waals surface area contributed by atoms with E-state index in [1.165, 1.54) is 30.0 Å². The van der Waals surface area contributed by atoms with E-state index >= 15 is 0 Å². The van der Waals surface area contributed by atoms with Gasteiger partial charge in [0.15, 0.2) is 0 Å². The first-order chi connectivity index (χ1) is 8.74. The molecule has 4 heteroatoms. The van der Waals surface area contributed by atoms with Crippen LogP contribution in [0.4, 0.5) is 0 Å². The molecule has 1 unspecified atom stereocenters. The molecule has 0 amide bonds. The van der Waals surface area contributed by atoms with E-state index in [0.717, 1.165) is 6.42 Å². The Morgan fingerprint density at radius 1 is 1.17 bits per heavy atom. The second kappa shape index (κ2) is 8.75. The van der Waals surface area contributed by atoms with Gasteiger partial charge in [0.2, 0.25) is 0 Å². The fourth-order valence-electron chi connectivity index (χ4n) is 2.02. The van der Waals surface area contributed by atoms with Crippen LogP contribution in [0.1, 0.15) is 43.4 Å². The van der Waals surface area contributed by atoms with Gasteiger partial charge in [-0.1, -0.05) is 50.5 Å². The quantitative estimate of drug-likeness (QED) is 0.448. The minimum atomic E-state index is -1.35. The van der Waals surface area contributed by atoms with Crippen molar-refractivity contribution in [3.8, 4) is 0 Å². The Hall–Kier alpha value is -0.293. The van der Waals surface area contributed by atoms with Crippen molar-refractivity contribution in [2.75, 3.05) is 14.2 Å². The van der Waals surface area contributed by atoms with E-state index in [9.17, 15) is 0 Å². The molecule has 0 fully saturated rings. The SMILES string of the molecule is CCCCCC(S)c1ccccc1[Si](OC)OC. The maximum Gasteiger partial charge on any atom is 0.423 e. The summed E-state index contributed by atoms with van der Waals surface area (Å²) >= 11 is 4.74. The van der Waals surface area contributed by atoms with Crippen LogP contribution in [0.5, 0.6) is 0 Å². The average Bonchev–Trinajstić information content (AvgIpc) is 2.41. The first-order valence-corrected chi connectivity index (χ1v) is 8.30. The highest BCUT2D eigenvalue weighted by Gasteiger charge is 2.22. The Morgan fingerprint density at radius 2 is 1.83 bits per heavy atom. The molecule has 18 heavy (non-hydrogen) atoms. The molecular formula is C14H23O2SSi. The molecule has 0 saturated carbocycles. The minimum Gasteiger partial charge on any atom is -0.393 e. The zero-order chi connectivity index (χ0) is 13.4. The largest absolute Gasteiger partial charge is 0.423 e. The molecule has 0 saturated heterocycles. The Morgan fingerprint density at radius 3 is 2.44 bits per heavy atom. The molecule has 0 aliphatic rings. The maximum atomic E-state index is 5.45. The second-order valence-corrected chi connectivity index (χ2v) is 6.85. The number of benzene rings is 1. The normalized spacial score (nSPS) is 12.9. The van der Waals surface area contributed by atoms with Crippen LogP contribution in [0.2, 0.25) is 0 Å². The fourth-order valence-corrected chi connectivity index (χ4v) is 3.88. The van der Waals surface area contributed by atoms with Crippen molar-refractivity contribution in [1.82, 2.24) is 0 Å². The van der Waals surface area contributed by atoms with Crippen molar-refractivity contribution in [2.45, 2.75) is 37.9 Å². The van der Waals surface area contributed by atoms with E-state index < -0.39 is 9.28 Å². The van der Waals surface area contributed by atoms with E-state index in [0.29, 0.717) is 0 Å². The molecule has 0 aliphatic heterocycles. The summed E-state index contributed by atoms with van der Waals surface area (Å²) < 4.78 is 10.9. The van der Waals surface area contributed by atoms with Crippen LogP contribution < -0.4 is 5.19 Å². The van der Waals surface area contributed by atoms with Crippen LogP contribution in [0.3, 0.4) is 0 Å². The van der Waals surface area contributed by atoms with Crippen LogP contribution in [0.15, 0.2) is 24.3 Å². The standard InChI is InChI=1S/C14H23O2SSi/c1-4-5-6-10-13(17)12-9-7-8-11-14(12)18(15-2)16-3/h7-9,11,13,17H,4-6,10H2,1-3H3. The molecule has 1 atom stereocenters. The van der Waals surface area contributed by atoms with Crippen molar-refractivity contribution in [3.63, 3.8) is 0 Å². The monoisotopic (exact) mass is 283 g/mol. The van der Waals surface area contributed by atoms with Gasteiger partial charge in [-0.2, -0.15) is 12.6 Å². The van der Waals surface area contributed by atoms with E-state index in [1.54, 1.807) is 14.2 Å². The number of hydrogen-bond donors (Lipinski definition) is 1. The molecule has 0 N–H and O–H groups in total. The number of thiol groups is 1. The lowest BCUT2D eigenvalue weighted by atomic mass is 10.1. The molecule has 0 aromatic heterocycles. The first kappa shape index (κ1) is 15.8. The zero-order valence-electron chi connectivity index (χ0n) is 11.5. The lowest BCUT2D eigenvalue weighted by Crippen LogP contribution is -2.37. The summed E-state index contributed by atoms with van der Waals surface area (Å²) in [6, 6.07) is 8.34. The topological polar surface area (TPSA) is 18.5 Å². The molecule has 0 aliphatic carbocycles. The van der Waals surface area contributed by atoms with E-state index in [2.05, 4.69) is 25.1 Å². The van der Waals surface area contributed by atoms with Crippen LogP contribution in [-0.2, 0) is 8.85 Å². The summed E-state index contributed by atoms with van der Waals surface area (Å²) in [5.74, 6) is 0. The van der Waals surface area contributed by atoms with Crippen LogP contribution in [0, 0.1) is 0 Å². The molecule has 1 radical (unpaired) electrons. The van der Waals surface area contributed by atoms with Gasteiger partial charge in [0, 0.05) is 19.5 Å². The highest BCUT2D eigenvalue weighted by molar-refractivity contribution is 7.80. The highest BCUT2D eigenvalue weighted by Crippen LogP contribution is 2.25. The molecule has 2 nitrogen and oxygen atoms in total. The maximum absolute atomic E-state index is 5.45. The van der Waals surface area contributed by atoms with Crippen molar-refractivity contribution in [1.29, 1.82) is 0 Å². The van der Waals surface area contributed by atoms with Crippen molar-refractivity contribution in [3.05, 3.63) is 29.8 Å². The Labute approximate surface area is 118 Å². The molecule has 101 valence electrons.